The lowest BCUT2D eigenvalue weighted by Gasteiger charge is -2.23. The minimum absolute atomic E-state index is 0.295. The Labute approximate surface area is 117 Å². The molecule has 0 aliphatic heterocycles. The van der Waals surface area contributed by atoms with E-state index in [4.69, 9.17) is 9.47 Å². The van der Waals surface area contributed by atoms with E-state index >= 15 is 0 Å². The summed E-state index contributed by atoms with van der Waals surface area (Å²) in [5.74, 6) is -0.593. The highest BCUT2D eigenvalue weighted by Crippen LogP contribution is 2.29. The summed E-state index contributed by atoms with van der Waals surface area (Å²) in [6.45, 7) is 0. The third-order valence-corrected chi connectivity index (χ3v) is 2.96. The normalized spacial score (nSPS) is 14.1. The maximum atomic E-state index is 11.1. The van der Waals surface area contributed by atoms with Crippen LogP contribution in [0.15, 0.2) is 24.3 Å². The molecular weight excluding hydrogens is 264 g/mol. The first-order valence-electron chi connectivity index (χ1n) is 6.12. The molecule has 1 rings (SSSR count). The van der Waals surface area contributed by atoms with Crippen LogP contribution in [0.1, 0.15) is 29.9 Å². The molecule has 0 heterocycles. The first-order valence-corrected chi connectivity index (χ1v) is 6.12. The first kappa shape index (κ1) is 16.6. The maximum absolute atomic E-state index is 11.1. The van der Waals surface area contributed by atoms with Crippen molar-refractivity contribution in [3.05, 3.63) is 35.4 Å². The zero-order valence-corrected chi connectivity index (χ0v) is 11.8. The van der Waals surface area contributed by atoms with E-state index in [2.05, 4.69) is 4.74 Å². The molecule has 0 saturated carbocycles. The van der Waals surface area contributed by atoms with Crippen LogP contribution in [0.2, 0.25) is 0 Å². The van der Waals surface area contributed by atoms with Crippen LogP contribution in [0, 0.1) is 0 Å². The molecule has 2 N–H and O–H groups in total. The van der Waals surface area contributed by atoms with E-state index in [0.29, 0.717) is 11.1 Å². The second-order valence-electron chi connectivity index (χ2n) is 4.22. The minimum Gasteiger partial charge on any atom is -0.469 e. The number of methoxy groups -OCH3 is 3. The molecule has 0 aromatic heterocycles. The van der Waals surface area contributed by atoms with E-state index in [1.165, 1.54) is 21.3 Å². The average molecular weight is 284 g/mol. The van der Waals surface area contributed by atoms with Crippen molar-refractivity contribution in [1.82, 2.24) is 0 Å². The van der Waals surface area contributed by atoms with Gasteiger partial charge in [0, 0.05) is 19.8 Å². The van der Waals surface area contributed by atoms with E-state index in [-0.39, 0.29) is 6.42 Å². The van der Waals surface area contributed by atoms with Crippen molar-refractivity contribution in [2.24, 2.45) is 0 Å². The number of hydrogen-bond donors (Lipinski definition) is 2. The summed E-state index contributed by atoms with van der Waals surface area (Å²) < 4.78 is 14.8. The van der Waals surface area contributed by atoms with Gasteiger partial charge in [-0.15, -0.1) is 0 Å². The van der Waals surface area contributed by atoms with Crippen molar-refractivity contribution in [3.8, 4) is 0 Å². The van der Waals surface area contributed by atoms with Crippen molar-refractivity contribution in [3.63, 3.8) is 0 Å². The summed E-state index contributed by atoms with van der Waals surface area (Å²) in [6.07, 6.45) is -3.46. The predicted molar refractivity (Wildman–Crippen MR) is 70.8 cm³/mol. The lowest BCUT2D eigenvalue weighted by molar-refractivity contribution is -0.144. The number of rotatable bonds is 7. The smallest absolute Gasteiger partial charge is 0.308 e. The monoisotopic (exact) mass is 284 g/mol. The molecule has 0 bridgehead atoms. The minimum atomic E-state index is -1.27. The lowest BCUT2D eigenvalue weighted by Crippen LogP contribution is -2.24. The van der Waals surface area contributed by atoms with Crippen LogP contribution in [-0.2, 0) is 19.0 Å². The molecule has 2 atom stereocenters. The Morgan fingerprint density at radius 2 is 1.65 bits per heavy atom. The molecule has 0 aliphatic carbocycles. The molecule has 0 aliphatic rings. The topological polar surface area (TPSA) is 85.2 Å². The van der Waals surface area contributed by atoms with E-state index in [1.807, 2.05) is 0 Å². The molecule has 20 heavy (non-hydrogen) atoms. The Hall–Kier alpha value is -1.47. The number of carbonyl (C=O) groups excluding carboxylic acids is 1. The highest BCUT2D eigenvalue weighted by atomic mass is 16.7. The fourth-order valence-corrected chi connectivity index (χ4v) is 1.92. The van der Waals surface area contributed by atoms with Crippen LogP contribution in [-0.4, -0.2) is 43.6 Å². The number of aliphatic hydroxyl groups excluding tert-OH is 2. The SMILES string of the molecule is COC(=O)CC(O)C(O)c1ccccc1C(OC)OC. The second-order valence-corrected chi connectivity index (χ2v) is 4.22. The van der Waals surface area contributed by atoms with Gasteiger partial charge in [0.1, 0.15) is 6.10 Å². The predicted octanol–water partition coefficient (Wildman–Crippen LogP) is 0.935. The molecule has 0 spiro atoms. The molecule has 0 radical (unpaired) electrons. The Morgan fingerprint density at radius 3 is 2.15 bits per heavy atom. The summed E-state index contributed by atoms with van der Waals surface area (Å²) in [5, 5.41) is 20.1. The van der Waals surface area contributed by atoms with Gasteiger partial charge in [-0.2, -0.15) is 0 Å². The van der Waals surface area contributed by atoms with Crippen molar-refractivity contribution >= 4 is 5.97 Å². The molecule has 1 aromatic rings. The van der Waals surface area contributed by atoms with Gasteiger partial charge in [-0.1, -0.05) is 24.3 Å². The summed E-state index contributed by atoms with van der Waals surface area (Å²) in [6, 6.07) is 6.85. The standard InChI is InChI=1S/C14H20O6/c1-18-12(16)8-11(15)13(17)9-6-4-5-7-10(9)14(19-2)20-3/h4-7,11,13-15,17H,8H2,1-3H3. The van der Waals surface area contributed by atoms with Crippen LogP contribution in [0.25, 0.3) is 0 Å². The third kappa shape index (κ3) is 4.01. The Balaban J connectivity index is 2.97. The van der Waals surface area contributed by atoms with Crippen molar-refractivity contribution in [2.75, 3.05) is 21.3 Å². The van der Waals surface area contributed by atoms with E-state index in [0.717, 1.165) is 0 Å². The third-order valence-electron chi connectivity index (χ3n) is 2.96. The quantitative estimate of drug-likeness (QED) is 0.572. The molecule has 112 valence electrons. The molecule has 0 amide bonds. The molecule has 2 unspecified atom stereocenters. The van der Waals surface area contributed by atoms with Gasteiger partial charge in [0.25, 0.3) is 0 Å². The summed E-state index contributed by atoms with van der Waals surface area (Å²) in [4.78, 5) is 11.1. The maximum Gasteiger partial charge on any atom is 0.308 e. The molecule has 6 heteroatoms. The van der Waals surface area contributed by atoms with Gasteiger partial charge in [-0.3, -0.25) is 4.79 Å². The number of hydrogen-bond acceptors (Lipinski definition) is 6. The summed E-state index contributed by atoms with van der Waals surface area (Å²) >= 11 is 0. The number of esters is 1. The van der Waals surface area contributed by atoms with Crippen molar-refractivity contribution in [1.29, 1.82) is 0 Å². The van der Waals surface area contributed by atoms with Gasteiger partial charge < -0.3 is 24.4 Å². The second kappa shape index (κ2) is 7.96. The average Bonchev–Trinajstić information content (AvgIpc) is 2.48. The number of benzene rings is 1. The molecule has 6 nitrogen and oxygen atoms in total. The van der Waals surface area contributed by atoms with Crippen molar-refractivity contribution in [2.45, 2.75) is 24.9 Å². The van der Waals surface area contributed by atoms with Gasteiger partial charge in [-0.05, 0) is 5.56 Å². The Bertz CT molecular complexity index is 429. The van der Waals surface area contributed by atoms with E-state index in [9.17, 15) is 15.0 Å². The van der Waals surface area contributed by atoms with E-state index < -0.39 is 24.5 Å². The first-order chi connectivity index (χ1) is 9.54. The lowest BCUT2D eigenvalue weighted by atomic mass is 9.96. The van der Waals surface area contributed by atoms with Crippen LogP contribution < -0.4 is 0 Å². The molecular formula is C14H20O6. The van der Waals surface area contributed by atoms with Gasteiger partial charge in [-0.25, -0.2) is 0 Å². The highest BCUT2D eigenvalue weighted by Gasteiger charge is 2.26. The summed E-state index contributed by atoms with van der Waals surface area (Å²) in [5.41, 5.74) is 1.03. The van der Waals surface area contributed by atoms with Crippen molar-refractivity contribution < 1.29 is 29.2 Å². The molecule has 0 fully saturated rings. The largest absolute Gasteiger partial charge is 0.469 e. The van der Waals surface area contributed by atoms with Gasteiger partial charge in [0.2, 0.25) is 0 Å². The molecule has 0 saturated heterocycles. The van der Waals surface area contributed by atoms with Crippen LogP contribution >= 0.6 is 0 Å². The van der Waals surface area contributed by atoms with Crippen LogP contribution in [0.4, 0.5) is 0 Å². The number of carbonyl (C=O) groups is 1. The summed E-state index contributed by atoms with van der Waals surface area (Å²) in [7, 11) is 4.17. The van der Waals surface area contributed by atoms with Gasteiger partial charge in [0.05, 0.1) is 19.6 Å². The fraction of sp³-hybridized carbons (Fsp3) is 0.500. The zero-order chi connectivity index (χ0) is 15.1. The van der Waals surface area contributed by atoms with Gasteiger partial charge in [0.15, 0.2) is 6.29 Å². The van der Waals surface area contributed by atoms with E-state index in [1.54, 1.807) is 24.3 Å². The number of aliphatic hydroxyl groups is 2. The highest BCUT2D eigenvalue weighted by molar-refractivity contribution is 5.69. The van der Waals surface area contributed by atoms with Crippen LogP contribution in [0.5, 0.6) is 0 Å². The van der Waals surface area contributed by atoms with Crippen LogP contribution in [0.3, 0.4) is 0 Å². The Kier molecular flexibility index (Phi) is 6.60. The fourth-order valence-electron chi connectivity index (χ4n) is 1.92. The molecule has 1 aromatic carbocycles. The van der Waals surface area contributed by atoms with Gasteiger partial charge >= 0.3 is 5.97 Å². The number of ether oxygens (including phenoxy) is 3. The zero-order valence-electron chi connectivity index (χ0n) is 11.8. The Morgan fingerprint density at radius 1 is 1.10 bits per heavy atom.